The summed E-state index contributed by atoms with van der Waals surface area (Å²) in [7, 11) is 0. The van der Waals surface area contributed by atoms with E-state index in [4.69, 9.17) is 5.73 Å². The van der Waals surface area contributed by atoms with Crippen LogP contribution in [0.1, 0.15) is 16.0 Å². The van der Waals surface area contributed by atoms with Gasteiger partial charge in [-0.15, -0.1) is 11.3 Å². The van der Waals surface area contributed by atoms with Gasteiger partial charge in [0.15, 0.2) is 5.13 Å². The predicted octanol–water partition coefficient (Wildman–Crippen LogP) is 4.98. The zero-order valence-electron chi connectivity index (χ0n) is 11.8. The molecule has 23 heavy (non-hydrogen) atoms. The largest absolute Gasteiger partial charge is 0.417 e. The summed E-state index contributed by atoms with van der Waals surface area (Å²) in [4.78, 5) is 5.38. The van der Waals surface area contributed by atoms with E-state index in [2.05, 4.69) is 4.98 Å². The van der Waals surface area contributed by atoms with Gasteiger partial charge in [-0.05, 0) is 22.8 Å². The SMILES string of the molecule is Nc1nc2c(s1)Cc1cc(-c3ccccc3C(F)(F)F)ccc1-2. The zero-order chi connectivity index (χ0) is 16.2. The molecule has 4 rings (SSSR count). The summed E-state index contributed by atoms with van der Waals surface area (Å²) in [5.74, 6) is 0. The van der Waals surface area contributed by atoms with Gasteiger partial charge in [0.25, 0.3) is 0 Å². The van der Waals surface area contributed by atoms with E-state index in [-0.39, 0.29) is 5.56 Å². The number of thiazole rings is 1. The van der Waals surface area contributed by atoms with Crippen molar-refractivity contribution in [2.75, 3.05) is 5.73 Å². The molecule has 0 unspecified atom stereocenters. The molecular weight excluding hydrogens is 321 g/mol. The fourth-order valence-corrected chi connectivity index (χ4v) is 3.86. The summed E-state index contributed by atoms with van der Waals surface area (Å²) in [6.45, 7) is 0. The number of anilines is 1. The Labute approximate surface area is 134 Å². The van der Waals surface area contributed by atoms with Crippen molar-refractivity contribution in [3.8, 4) is 22.4 Å². The molecule has 6 heteroatoms. The standard InChI is InChI=1S/C17H11F3N2S/c18-17(19,20)13-4-2-1-3-11(13)9-5-6-12-10(7-9)8-14-15(12)22-16(21)23-14/h1-7H,8H2,(H2,21,22). The maximum atomic E-state index is 13.2. The predicted molar refractivity (Wildman–Crippen MR) is 85.2 cm³/mol. The summed E-state index contributed by atoms with van der Waals surface area (Å²) in [6.07, 6.45) is -3.70. The molecule has 0 saturated carbocycles. The summed E-state index contributed by atoms with van der Waals surface area (Å²) in [5, 5.41) is 0.521. The smallest absolute Gasteiger partial charge is 0.375 e. The van der Waals surface area contributed by atoms with Crippen LogP contribution in [0.3, 0.4) is 0 Å². The van der Waals surface area contributed by atoms with Crippen molar-refractivity contribution in [1.82, 2.24) is 4.98 Å². The maximum absolute atomic E-state index is 13.2. The first kappa shape index (κ1) is 14.3. The molecule has 0 fully saturated rings. The Bertz CT molecular complexity index is 912. The van der Waals surface area contributed by atoms with Crippen LogP contribution in [0.15, 0.2) is 42.5 Å². The van der Waals surface area contributed by atoms with Gasteiger partial charge in [0.05, 0.1) is 11.3 Å². The fourth-order valence-electron chi connectivity index (χ4n) is 2.99. The lowest BCUT2D eigenvalue weighted by molar-refractivity contribution is -0.137. The van der Waals surface area contributed by atoms with Gasteiger partial charge in [0, 0.05) is 16.9 Å². The molecule has 2 aromatic carbocycles. The number of hydrogen-bond acceptors (Lipinski definition) is 3. The molecule has 1 aromatic heterocycles. The Kier molecular flexibility index (Phi) is 2.99. The first-order valence-electron chi connectivity index (χ1n) is 6.98. The summed E-state index contributed by atoms with van der Waals surface area (Å²) >= 11 is 1.43. The van der Waals surface area contributed by atoms with Crippen LogP contribution in [-0.4, -0.2) is 4.98 Å². The Hall–Kier alpha value is -2.34. The Morgan fingerprint density at radius 1 is 1.04 bits per heavy atom. The number of hydrogen-bond donors (Lipinski definition) is 1. The van der Waals surface area contributed by atoms with Crippen molar-refractivity contribution in [2.45, 2.75) is 12.6 Å². The number of fused-ring (bicyclic) bond motifs is 3. The lowest BCUT2D eigenvalue weighted by atomic mass is 9.96. The molecule has 0 radical (unpaired) electrons. The first-order valence-corrected chi connectivity index (χ1v) is 7.80. The van der Waals surface area contributed by atoms with Crippen molar-refractivity contribution in [3.63, 3.8) is 0 Å². The highest BCUT2D eigenvalue weighted by Gasteiger charge is 2.33. The Morgan fingerprint density at radius 2 is 1.83 bits per heavy atom. The average molecular weight is 332 g/mol. The van der Waals surface area contributed by atoms with Gasteiger partial charge < -0.3 is 5.73 Å². The third-order valence-electron chi connectivity index (χ3n) is 3.97. The second-order valence-corrected chi connectivity index (χ2v) is 6.53. The molecule has 0 saturated heterocycles. The third-order valence-corrected chi connectivity index (χ3v) is 4.85. The second-order valence-electron chi connectivity index (χ2n) is 5.42. The minimum atomic E-state index is -4.37. The van der Waals surface area contributed by atoms with E-state index in [1.54, 1.807) is 12.1 Å². The molecule has 1 aliphatic carbocycles. The van der Waals surface area contributed by atoms with Crippen molar-refractivity contribution in [1.29, 1.82) is 0 Å². The molecule has 0 atom stereocenters. The number of nitrogens with zero attached hydrogens (tertiary/aromatic N) is 1. The number of nitrogen functional groups attached to an aromatic ring is 1. The number of halogens is 3. The maximum Gasteiger partial charge on any atom is 0.417 e. The molecule has 1 heterocycles. The van der Waals surface area contributed by atoms with Crippen LogP contribution in [0, 0.1) is 0 Å². The number of benzene rings is 2. The van der Waals surface area contributed by atoms with Gasteiger partial charge in [-0.25, -0.2) is 4.98 Å². The van der Waals surface area contributed by atoms with Crippen LogP contribution in [0.25, 0.3) is 22.4 Å². The summed E-state index contributed by atoms with van der Waals surface area (Å²) < 4.78 is 39.6. The van der Waals surface area contributed by atoms with Crippen molar-refractivity contribution >= 4 is 16.5 Å². The van der Waals surface area contributed by atoms with E-state index < -0.39 is 11.7 Å². The zero-order valence-corrected chi connectivity index (χ0v) is 12.6. The average Bonchev–Trinajstić information content (AvgIpc) is 3.01. The Morgan fingerprint density at radius 3 is 2.61 bits per heavy atom. The van der Waals surface area contributed by atoms with Crippen LogP contribution in [0.4, 0.5) is 18.3 Å². The van der Waals surface area contributed by atoms with E-state index in [9.17, 15) is 13.2 Å². The molecule has 0 spiro atoms. The summed E-state index contributed by atoms with van der Waals surface area (Å²) in [5.41, 5.74) is 8.68. The normalized spacial score (nSPS) is 13.0. The van der Waals surface area contributed by atoms with Crippen molar-refractivity contribution in [3.05, 3.63) is 58.5 Å². The minimum Gasteiger partial charge on any atom is -0.375 e. The molecule has 0 aliphatic heterocycles. The van der Waals surface area contributed by atoms with Crippen LogP contribution >= 0.6 is 11.3 Å². The molecule has 116 valence electrons. The van der Waals surface area contributed by atoms with E-state index >= 15 is 0 Å². The number of aromatic nitrogens is 1. The van der Waals surface area contributed by atoms with E-state index in [0.29, 0.717) is 17.1 Å². The van der Waals surface area contributed by atoms with Gasteiger partial charge >= 0.3 is 6.18 Å². The number of nitrogens with two attached hydrogens (primary N) is 1. The first-order chi connectivity index (χ1) is 10.9. The topological polar surface area (TPSA) is 38.9 Å². The van der Waals surface area contributed by atoms with E-state index in [0.717, 1.165) is 27.8 Å². The van der Waals surface area contributed by atoms with Crippen LogP contribution < -0.4 is 5.73 Å². The van der Waals surface area contributed by atoms with Gasteiger partial charge in [-0.2, -0.15) is 13.2 Å². The van der Waals surface area contributed by atoms with E-state index in [1.807, 2.05) is 12.1 Å². The van der Waals surface area contributed by atoms with Gasteiger partial charge in [-0.3, -0.25) is 0 Å². The lowest BCUT2D eigenvalue weighted by Crippen LogP contribution is -2.06. The highest BCUT2D eigenvalue weighted by molar-refractivity contribution is 7.15. The second kappa shape index (κ2) is 4.83. The minimum absolute atomic E-state index is 0.200. The molecule has 2 nitrogen and oxygen atoms in total. The highest BCUT2D eigenvalue weighted by atomic mass is 32.1. The molecule has 3 aromatic rings. The quantitative estimate of drug-likeness (QED) is 0.534. The van der Waals surface area contributed by atoms with Crippen molar-refractivity contribution < 1.29 is 13.2 Å². The van der Waals surface area contributed by atoms with Crippen LogP contribution in [0.2, 0.25) is 0 Å². The Balaban J connectivity index is 1.83. The van der Waals surface area contributed by atoms with Crippen molar-refractivity contribution in [2.24, 2.45) is 0 Å². The van der Waals surface area contributed by atoms with Crippen LogP contribution in [-0.2, 0) is 12.6 Å². The van der Waals surface area contributed by atoms with Crippen LogP contribution in [0.5, 0.6) is 0 Å². The monoisotopic (exact) mass is 332 g/mol. The fraction of sp³-hybridized carbons (Fsp3) is 0.118. The van der Waals surface area contributed by atoms with Gasteiger partial charge in [0.2, 0.25) is 0 Å². The lowest BCUT2D eigenvalue weighted by Gasteiger charge is -2.13. The number of rotatable bonds is 1. The molecular formula is C17H11F3N2S. The molecule has 0 amide bonds. The molecule has 1 aliphatic rings. The molecule has 0 bridgehead atoms. The molecule has 2 N–H and O–H groups in total. The van der Waals surface area contributed by atoms with E-state index in [1.165, 1.54) is 23.5 Å². The highest BCUT2D eigenvalue weighted by Crippen LogP contribution is 2.43. The summed E-state index contributed by atoms with van der Waals surface area (Å²) in [6, 6.07) is 11.0. The number of alkyl halides is 3. The van der Waals surface area contributed by atoms with Gasteiger partial charge in [-0.1, -0.05) is 36.4 Å². The van der Waals surface area contributed by atoms with Gasteiger partial charge in [0.1, 0.15) is 0 Å². The third kappa shape index (κ3) is 2.30.